The molecule has 0 spiro atoms. The minimum Gasteiger partial charge on any atom is -0.340 e. The lowest BCUT2D eigenvalue weighted by Crippen LogP contribution is -2.13. The van der Waals surface area contributed by atoms with E-state index in [1.165, 1.54) is 16.8 Å². The van der Waals surface area contributed by atoms with Crippen molar-refractivity contribution in [2.75, 3.05) is 0 Å². The van der Waals surface area contributed by atoms with E-state index in [1.807, 2.05) is 42.5 Å². The van der Waals surface area contributed by atoms with Crippen molar-refractivity contribution in [1.82, 2.24) is 19.7 Å². The number of hydrogen-bond acceptors (Lipinski definition) is 3. The predicted molar refractivity (Wildman–Crippen MR) is 73.4 cm³/mol. The number of aryl methyl sites for hydroxylation is 1. The van der Waals surface area contributed by atoms with Crippen LogP contribution < -0.4 is 5.32 Å². The summed E-state index contributed by atoms with van der Waals surface area (Å²) in [6.07, 6.45) is 1.89. The Morgan fingerprint density at radius 3 is 2.42 bits per heavy atom. The molecule has 0 aliphatic carbocycles. The molecule has 0 unspecified atom stereocenters. The lowest BCUT2D eigenvalue weighted by molar-refractivity contribution is 0.679. The summed E-state index contributed by atoms with van der Waals surface area (Å²) in [6.45, 7) is 5.64. The number of rotatable bonds is 4. The molecule has 0 aromatic carbocycles. The van der Waals surface area contributed by atoms with E-state index in [4.69, 9.17) is 5.26 Å². The van der Waals surface area contributed by atoms with E-state index in [1.54, 1.807) is 0 Å². The zero-order chi connectivity index (χ0) is 14.0. The van der Waals surface area contributed by atoms with Gasteiger partial charge in [-0.1, -0.05) is 0 Å². The second-order valence-electron chi connectivity index (χ2n) is 4.79. The number of aromatic nitrogens is 3. The van der Waals surface area contributed by atoms with E-state index in [0.717, 1.165) is 18.8 Å². The molecule has 0 bridgehead atoms. The zero-order valence-corrected chi connectivity index (χ0v) is 11.9. The first-order valence-electron chi connectivity index (χ1n) is 6.28. The molecule has 19 heavy (non-hydrogen) atoms. The van der Waals surface area contributed by atoms with E-state index in [9.17, 15) is 0 Å². The van der Waals surface area contributed by atoms with E-state index in [0.29, 0.717) is 5.69 Å². The average molecular weight is 257 g/mol. The standard InChI is InChI=1S/C14H19N5/c1-10-12(5-14(6-15)18(10)3)7-16-8-13-9-17-19(4)11(13)2/h5,9,16H,7-8H2,1-4H3. The molecule has 0 saturated carbocycles. The minimum absolute atomic E-state index is 0.701. The van der Waals surface area contributed by atoms with Crippen molar-refractivity contribution in [3.8, 4) is 6.07 Å². The fraction of sp³-hybridized carbons (Fsp3) is 0.429. The van der Waals surface area contributed by atoms with Crippen molar-refractivity contribution >= 4 is 0 Å². The Kier molecular flexibility index (Phi) is 3.72. The van der Waals surface area contributed by atoms with Crippen molar-refractivity contribution < 1.29 is 0 Å². The van der Waals surface area contributed by atoms with Gasteiger partial charge in [0.15, 0.2) is 0 Å². The fourth-order valence-corrected chi connectivity index (χ4v) is 2.10. The van der Waals surface area contributed by atoms with Crippen LogP contribution in [0.3, 0.4) is 0 Å². The van der Waals surface area contributed by atoms with Crippen LogP contribution in [0.1, 0.15) is 28.2 Å². The Balaban J connectivity index is 2.00. The topological polar surface area (TPSA) is 58.6 Å². The molecule has 0 radical (unpaired) electrons. The van der Waals surface area contributed by atoms with Gasteiger partial charge in [-0.15, -0.1) is 0 Å². The van der Waals surface area contributed by atoms with Crippen LogP contribution >= 0.6 is 0 Å². The quantitative estimate of drug-likeness (QED) is 0.903. The maximum atomic E-state index is 9.00. The van der Waals surface area contributed by atoms with Crippen LogP contribution in [0.2, 0.25) is 0 Å². The second-order valence-corrected chi connectivity index (χ2v) is 4.79. The molecule has 2 aromatic heterocycles. The third kappa shape index (κ3) is 2.54. The highest BCUT2D eigenvalue weighted by Gasteiger charge is 2.08. The Morgan fingerprint density at radius 2 is 1.89 bits per heavy atom. The van der Waals surface area contributed by atoms with E-state index >= 15 is 0 Å². The highest BCUT2D eigenvalue weighted by atomic mass is 15.3. The Morgan fingerprint density at radius 1 is 1.21 bits per heavy atom. The van der Waals surface area contributed by atoms with Gasteiger partial charge in [0.05, 0.1) is 6.20 Å². The third-order valence-corrected chi connectivity index (χ3v) is 3.72. The molecule has 0 fully saturated rings. The first-order valence-corrected chi connectivity index (χ1v) is 6.28. The van der Waals surface area contributed by atoms with Crippen molar-refractivity contribution in [2.45, 2.75) is 26.9 Å². The Hall–Kier alpha value is -2.06. The summed E-state index contributed by atoms with van der Waals surface area (Å²) in [7, 11) is 3.86. The maximum Gasteiger partial charge on any atom is 0.120 e. The molecular weight excluding hydrogens is 238 g/mol. The van der Waals surface area contributed by atoms with Gasteiger partial charge in [-0.2, -0.15) is 10.4 Å². The Bertz CT molecular complexity index is 627. The number of nitriles is 1. The molecule has 2 heterocycles. The van der Waals surface area contributed by atoms with Crippen molar-refractivity contribution in [3.05, 3.63) is 40.5 Å². The van der Waals surface area contributed by atoms with Gasteiger partial charge < -0.3 is 9.88 Å². The first-order chi connectivity index (χ1) is 9.04. The van der Waals surface area contributed by atoms with E-state index in [-0.39, 0.29) is 0 Å². The van der Waals surface area contributed by atoms with Crippen LogP contribution in [0, 0.1) is 25.2 Å². The number of nitrogens with one attached hydrogen (secondary N) is 1. The van der Waals surface area contributed by atoms with Crippen LogP contribution in [0.5, 0.6) is 0 Å². The van der Waals surface area contributed by atoms with Gasteiger partial charge in [0.25, 0.3) is 0 Å². The molecule has 0 amide bonds. The normalized spacial score (nSPS) is 10.7. The molecule has 2 rings (SSSR count). The van der Waals surface area contributed by atoms with Gasteiger partial charge >= 0.3 is 0 Å². The third-order valence-electron chi connectivity index (χ3n) is 3.72. The molecule has 100 valence electrons. The summed E-state index contributed by atoms with van der Waals surface area (Å²) in [6, 6.07) is 4.14. The van der Waals surface area contributed by atoms with Crippen LogP contribution in [-0.2, 0) is 27.2 Å². The average Bonchev–Trinajstić information content (AvgIpc) is 2.86. The van der Waals surface area contributed by atoms with Gasteiger partial charge in [0, 0.05) is 44.1 Å². The smallest absolute Gasteiger partial charge is 0.120 e. The highest BCUT2D eigenvalue weighted by Crippen LogP contribution is 2.13. The van der Waals surface area contributed by atoms with Gasteiger partial charge in [-0.05, 0) is 25.5 Å². The van der Waals surface area contributed by atoms with E-state index < -0.39 is 0 Å². The summed E-state index contributed by atoms with van der Waals surface area (Å²) in [5.41, 5.74) is 5.38. The number of nitrogens with zero attached hydrogens (tertiary/aromatic N) is 4. The van der Waals surface area contributed by atoms with Crippen molar-refractivity contribution in [1.29, 1.82) is 5.26 Å². The monoisotopic (exact) mass is 257 g/mol. The lowest BCUT2D eigenvalue weighted by atomic mass is 10.2. The summed E-state index contributed by atoms with van der Waals surface area (Å²) in [4.78, 5) is 0. The van der Waals surface area contributed by atoms with Gasteiger partial charge in [-0.3, -0.25) is 4.68 Å². The zero-order valence-electron chi connectivity index (χ0n) is 11.9. The molecule has 1 N–H and O–H groups in total. The van der Waals surface area contributed by atoms with Crippen LogP contribution in [0.15, 0.2) is 12.3 Å². The molecule has 5 nitrogen and oxygen atoms in total. The summed E-state index contributed by atoms with van der Waals surface area (Å²) >= 11 is 0. The molecule has 0 aliphatic heterocycles. The molecule has 0 aliphatic rings. The second kappa shape index (κ2) is 5.29. The van der Waals surface area contributed by atoms with Crippen LogP contribution in [0.4, 0.5) is 0 Å². The van der Waals surface area contributed by atoms with Gasteiger partial charge in [0.2, 0.25) is 0 Å². The first kappa shape index (κ1) is 13.4. The fourth-order valence-electron chi connectivity index (χ4n) is 2.10. The molecule has 2 aromatic rings. The summed E-state index contributed by atoms with van der Waals surface area (Å²) < 4.78 is 3.80. The maximum absolute atomic E-state index is 9.00. The van der Waals surface area contributed by atoms with Crippen LogP contribution in [-0.4, -0.2) is 14.3 Å². The van der Waals surface area contributed by atoms with Gasteiger partial charge in [-0.25, -0.2) is 0 Å². The Labute approximate surface area is 113 Å². The number of hydrogen-bond donors (Lipinski definition) is 1. The van der Waals surface area contributed by atoms with Crippen molar-refractivity contribution in [2.24, 2.45) is 14.1 Å². The molecule has 5 heteroatoms. The minimum atomic E-state index is 0.701. The highest BCUT2D eigenvalue weighted by molar-refractivity contribution is 5.34. The van der Waals surface area contributed by atoms with E-state index in [2.05, 4.69) is 23.4 Å². The summed E-state index contributed by atoms with van der Waals surface area (Å²) in [5, 5.41) is 16.6. The SMILES string of the molecule is Cc1c(CNCc2cc(C#N)n(C)c2C)cnn1C. The molecule has 0 saturated heterocycles. The summed E-state index contributed by atoms with van der Waals surface area (Å²) in [5.74, 6) is 0. The lowest BCUT2D eigenvalue weighted by Gasteiger charge is -2.05. The van der Waals surface area contributed by atoms with Gasteiger partial charge in [0.1, 0.15) is 11.8 Å². The molecular formula is C14H19N5. The predicted octanol–water partition coefficient (Wildman–Crippen LogP) is 1.54. The molecule has 0 atom stereocenters. The van der Waals surface area contributed by atoms with Crippen molar-refractivity contribution in [3.63, 3.8) is 0 Å². The largest absolute Gasteiger partial charge is 0.340 e. The van der Waals surface area contributed by atoms with Crippen LogP contribution in [0.25, 0.3) is 0 Å².